The molecule has 5 nitrogen and oxygen atoms in total. The summed E-state index contributed by atoms with van der Waals surface area (Å²) < 4.78 is 0. The van der Waals surface area contributed by atoms with Crippen LogP contribution in [0.15, 0.2) is 24.3 Å². The minimum absolute atomic E-state index is 0.0415. The largest absolute Gasteiger partial charge is 0.396 e. The Morgan fingerprint density at radius 3 is 2.59 bits per heavy atom. The van der Waals surface area contributed by atoms with Crippen LogP contribution in [0, 0.1) is 0 Å². The van der Waals surface area contributed by atoms with E-state index in [1.165, 1.54) is 25.7 Å². The molecule has 5 heteroatoms. The Bertz CT molecular complexity index is 457. The average Bonchev–Trinajstić information content (AvgIpc) is 2.81. The van der Waals surface area contributed by atoms with E-state index < -0.39 is 0 Å². The van der Waals surface area contributed by atoms with Crippen LogP contribution in [0.25, 0.3) is 0 Å². The highest BCUT2D eigenvalue weighted by molar-refractivity contribution is 5.95. The molecule has 0 bridgehead atoms. The fourth-order valence-corrected chi connectivity index (χ4v) is 2.77. The minimum Gasteiger partial charge on any atom is -0.396 e. The summed E-state index contributed by atoms with van der Waals surface area (Å²) in [6.45, 7) is 3.18. The van der Waals surface area contributed by atoms with Gasteiger partial charge in [0.15, 0.2) is 0 Å². The second kappa shape index (κ2) is 9.43. The summed E-state index contributed by atoms with van der Waals surface area (Å²) >= 11 is 0. The van der Waals surface area contributed by atoms with E-state index in [0.29, 0.717) is 13.0 Å². The molecule has 1 saturated heterocycles. The molecule has 1 heterocycles. The lowest BCUT2D eigenvalue weighted by molar-refractivity contribution is -0.115. The molecule has 0 radical (unpaired) electrons. The molecule has 0 unspecified atom stereocenters. The number of aliphatic hydroxyl groups excluding tert-OH is 1. The number of hydrogen-bond donors (Lipinski definition) is 3. The topological polar surface area (TPSA) is 64.6 Å². The van der Waals surface area contributed by atoms with Crippen LogP contribution in [0.2, 0.25) is 0 Å². The second-order valence-electron chi connectivity index (χ2n) is 5.72. The van der Waals surface area contributed by atoms with Crippen LogP contribution in [-0.4, -0.2) is 43.8 Å². The predicted octanol–water partition coefficient (Wildman–Crippen LogP) is 1.98. The summed E-state index contributed by atoms with van der Waals surface area (Å²) in [5.74, 6) is -0.0415. The third kappa shape index (κ3) is 5.31. The highest BCUT2D eigenvalue weighted by Crippen LogP contribution is 2.27. The van der Waals surface area contributed by atoms with E-state index in [1.807, 2.05) is 18.2 Å². The van der Waals surface area contributed by atoms with Crippen molar-refractivity contribution in [3.8, 4) is 0 Å². The number of amides is 1. The predicted molar refractivity (Wildman–Crippen MR) is 90.3 cm³/mol. The summed E-state index contributed by atoms with van der Waals surface area (Å²) in [5.41, 5.74) is 2.01. The number of rotatable bonds is 7. The van der Waals surface area contributed by atoms with Gasteiger partial charge in [0.2, 0.25) is 5.91 Å². The van der Waals surface area contributed by atoms with Gasteiger partial charge in [0.05, 0.1) is 17.9 Å². The number of nitrogens with one attached hydrogen (secondary N) is 2. The highest BCUT2D eigenvalue weighted by Gasteiger charge is 2.14. The van der Waals surface area contributed by atoms with Gasteiger partial charge in [-0.05, 0) is 37.9 Å². The maximum Gasteiger partial charge on any atom is 0.238 e. The molecule has 0 aromatic heterocycles. The highest BCUT2D eigenvalue weighted by atomic mass is 16.3. The molecule has 22 heavy (non-hydrogen) atoms. The van der Waals surface area contributed by atoms with Crippen molar-refractivity contribution < 1.29 is 9.90 Å². The van der Waals surface area contributed by atoms with Crippen LogP contribution in [0.3, 0.4) is 0 Å². The van der Waals surface area contributed by atoms with E-state index in [1.54, 1.807) is 0 Å². The van der Waals surface area contributed by atoms with Gasteiger partial charge in [-0.25, -0.2) is 0 Å². The Balaban J connectivity index is 1.94. The van der Waals surface area contributed by atoms with Gasteiger partial charge in [-0.1, -0.05) is 25.0 Å². The molecule has 3 N–H and O–H groups in total. The van der Waals surface area contributed by atoms with Crippen LogP contribution in [0.5, 0.6) is 0 Å². The normalized spacial score (nSPS) is 15.4. The van der Waals surface area contributed by atoms with Gasteiger partial charge >= 0.3 is 0 Å². The van der Waals surface area contributed by atoms with Gasteiger partial charge in [-0.3, -0.25) is 4.79 Å². The first-order valence-electron chi connectivity index (χ1n) is 8.26. The maximum absolute atomic E-state index is 12.0. The van der Waals surface area contributed by atoms with Gasteiger partial charge in [0, 0.05) is 19.7 Å². The molecule has 1 fully saturated rings. The Morgan fingerprint density at radius 1 is 1.14 bits per heavy atom. The van der Waals surface area contributed by atoms with E-state index in [9.17, 15) is 4.79 Å². The summed E-state index contributed by atoms with van der Waals surface area (Å²) in [5, 5.41) is 14.8. The number of hydrogen-bond acceptors (Lipinski definition) is 4. The summed E-state index contributed by atoms with van der Waals surface area (Å²) in [6, 6.07) is 8.03. The van der Waals surface area contributed by atoms with Crippen molar-refractivity contribution in [3.63, 3.8) is 0 Å². The van der Waals surface area contributed by atoms with Crippen molar-refractivity contribution in [3.05, 3.63) is 24.3 Å². The summed E-state index contributed by atoms with van der Waals surface area (Å²) in [6.07, 6.45) is 5.67. The molecule has 1 aliphatic rings. The quantitative estimate of drug-likeness (QED) is 0.674. The first-order valence-corrected chi connectivity index (χ1v) is 8.26. The zero-order valence-electron chi connectivity index (χ0n) is 13.2. The van der Waals surface area contributed by atoms with Crippen molar-refractivity contribution in [1.29, 1.82) is 0 Å². The van der Waals surface area contributed by atoms with Crippen LogP contribution in [-0.2, 0) is 4.79 Å². The molecule has 2 rings (SSSR count). The Kier molecular flexibility index (Phi) is 7.19. The smallest absolute Gasteiger partial charge is 0.238 e. The van der Waals surface area contributed by atoms with E-state index in [4.69, 9.17) is 5.11 Å². The van der Waals surface area contributed by atoms with Crippen molar-refractivity contribution in [2.24, 2.45) is 0 Å². The molecule has 1 aliphatic heterocycles. The van der Waals surface area contributed by atoms with Crippen LogP contribution >= 0.6 is 0 Å². The Labute approximate surface area is 132 Å². The molecule has 0 saturated carbocycles. The van der Waals surface area contributed by atoms with Crippen molar-refractivity contribution >= 4 is 17.3 Å². The van der Waals surface area contributed by atoms with E-state index in [2.05, 4.69) is 21.6 Å². The molecule has 0 aliphatic carbocycles. The third-order valence-electron chi connectivity index (χ3n) is 3.92. The van der Waals surface area contributed by atoms with Crippen LogP contribution in [0.4, 0.5) is 11.4 Å². The SMILES string of the molecule is O=C(CNCCCO)Nc1ccccc1N1CCCCCC1. The molecular formula is C17H27N3O2. The fraction of sp³-hybridized carbons (Fsp3) is 0.588. The monoisotopic (exact) mass is 305 g/mol. The first kappa shape index (κ1) is 16.8. The van der Waals surface area contributed by atoms with Crippen molar-refractivity contribution in [2.75, 3.05) is 43.0 Å². The first-order chi connectivity index (χ1) is 10.8. The fourth-order valence-electron chi connectivity index (χ4n) is 2.77. The molecule has 0 spiro atoms. The number of carbonyl (C=O) groups excluding carboxylic acids is 1. The Morgan fingerprint density at radius 2 is 1.86 bits per heavy atom. The van der Waals surface area contributed by atoms with Gasteiger partial charge < -0.3 is 20.6 Å². The zero-order valence-corrected chi connectivity index (χ0v) is 13.2. The second-order valence-corrected chi connectivity index (χ2v) is 5.72. The molecule has 1 aromatic carbocycles. The molecule has 0 atom stereocenters. The standard InChI is InChI=1S/C17H27N3O2/c21-13-7-10-18-14-17(22)19-15-8-3-4-9-16(15)20-11-5-1-2-6-12-20/h3-4,8-9,18,21H,1-2,5-7,10-14H2,(H,19,22). The van der Waals surface area contributed by atoms with Crippen molar-refractivity contribution in [1.82, 2.24) is 5.32 Å². The maximum atomic E-state index is 12.0. The lowest BCUT2D eigenvalue weighted by atomic mass is 10.2. The van der Waals surface area contributed by atoms with Gasteiger partial charge in [-0.15, -0.1) is 0 Å². The number of anilines is 2. The third-order valence-corrected chi connectivity index (χ3v) is 3.92. The average molecular weight is 305 g/mol. The Hall–Kier alpha value is -1.59. The molecule has 1 amide bonds. The number of aliphatic hydroxyl groups is 1. The molecule has 1 aromatic rings. The zero-order chi connectivity index (χ0) is 15.6. The van der Waals surface area contributed by atoms with E-state index >= 15 is 0 Å². The number of para-hydroxylation sites is 2. The van der Waals surface area contributed by atoms with Crippen LogP contribution < -0.4 is 15.5 Å². The summed E-state index contributed by atoms with van der Waals surface area (Å²) in [7, 11) is 0. The lowest BCUT2D eigenvalue weighted by Crippen LogP contribution is -2.30. The number of carbonyl (C=O) groups is 1. The number of benzene rings is 1. The number of nitrogens with zero attached hydrogens (tertiary/aromatic N) is 1. The van der Waals surface area contributed by atoms with Crippen LogP contribution in [0.1, 0.15) is 32.1 Å². The summed E-state index contributed by atoms with van der Waals surface area (Å²) in [4.78, 5) is 14.4. The van der Waals surface area contributed by atoms with Gasteiger partial charge in [0.25, 0.3) is 0 Å². The van der Waals surface area contributed by atoms with Gasteiger partial charge in [0.1, 0.15) is 0 Å². The van der Waals surface area contributed by atoms with Crippen molar-refractivity contribution in [2.45, 2.75) is 32.1 Å². The lowest BCUT2D eigenvalue weighted by Gasteiger charge is -2.25. The van der Waals surface area contributed by atoms with Gasteiger partial charge in [-0.2, -0.15) is 0 Å². The van der Waals surface area contributed by atoms with E-state index in [-0.39, 0.29) is 19.1 Å². The molecular weight excluding hydrogens is 278 g/mol. The molecule has 122 valence electrons. The minimum atomic E-state index is -0.0415. The van der Waals surface area contributed by atoms with E-state index in [0.717, 1.165) is 24.5 Å².